The lowest BCUT2D eigenvalue weighted by atomic mass is 10.2. The summed E-state index contributed by atoms with van der Waals surface area (Å²) in [7, 11) is 0. The van der Waals surface area contributed by atoms with Gasteiger partial charge in [0.15, 0.2) is 6.61 Å². The van der Waals surface area contributed by atoms with E-state index in [0.717, 1.165) is 24.3 Å². The van der Waals surface area contributed by atoms with Crippen LogP contribution in [0, 0.1) is 10.1 Å². The Morgan fingerprint density at radius 3 is 2.29 bits per heavy atom. The van der Waals surface area contributed by atoms with Crippen molar-refractivity contribution in [1.82, 2.24) is 5.32 Å². The van der Waals surface area contributed by atoms with Gasteiger partial charge in [-0.25, -0.2) is 4.79 Å². The van der Waals surface area contributed by atoms with Crippen molar-refractivity contribution >= 4 is 17.6 Å². The largest absolute Gasteiger partial charge is 0.452 e. The van der Waals surface area contributed by atoms with E-state index in [2.05, 4.69) is 4.74 Å². The van der Waals surface area contributed by atoms with Gasteiger partial charge in [-0.15, -0.1) is 0 Å². The normalized spacial score (nSPS) is 10.8. The third kappa shape index (κ3) is 5.89. The number of carbonyl (C=O) groups is 2. The molecule has 0 spiro atoms. The number of halogens is 3. The SMILES string of the molecule is O=C(COC(=O)c1ccc([N+](=O)[O-])cc1)NCC(F)(F)F. The highest BCUT2D eigenvalue weighted by Crippen LogP contribution is 2.13. The number of hydrogen-bond donors (Lipinski definition) is 1. The summed E-state index contributed by atoms with van der Waals surface area (Å²) in [6.45, 7) is -2.41. The second kappa shape index (κ2) is 6.68. The van der Waals surface area contributed by atoms with E-state index in [1.807, 2.05) is 0 Å². The van der Waals surface area contributed by atoms with Crippen LogP contribution in [-0.2, 0) is 9.53 Å². The third-order valence-corrected chi connectivity index (χ3v) is 2.13. The first kappa shape index (κ1) is 16.4. The zero-order valence-corrected chi connectivity index (χ0v) is 10.3. The van der Waals surface area contributed by atoms with Crippen LogP contribution >= 0.6 is 0 Å². The lowest BCUT2D eigenvalue weighted by Crippen LogP contribution is -2.36. The maximum atomic E-state index is 11.8. The van der Waals surface area contributed by atoms with Crippen molar-refractivity contribution in [2.45, 2.75) is 6.18 Å². The molecule has 0 unspecified atom stereocenters. The van der Waals surface area contributed by atoms with Crippen LogP contribution in [0.3, 0.4) is 0 Å². The van der Waals surface area contributed by atoms with E-state index in [0.29, 0.717) is 0 Å². The summed E-state index contributed by atoms with van der Waals surface area (Å²) in [6, 6.07) is 4.32. The quantitative estimate of drug-likeness (QED) is 0.504. The number of ether oxygens (including phenoxy) is 1. The molecule has 0 atom stereocenters. The van der Waals surface area contributed by atoms with Crippen molar-refractivity contribution < 1.29 is 32.4 Å². The van der Waals surface area contributed by atoms with Crippen molar-refractivity contribution in [3.05, 3.63) is 39.9 Å². The Hall–Kier alpha value is -2.65. The summed E-state index contributed by atoms with van der Waals surface area (Å²) in [5.41, 5.74) is -0.307. The number of hydrogen-bond acceptors (Lipinski definition) is 5. The van der Waals surface area contributed by atoms with Crippen LogP contribution in [0.1, 0.15) is 10.4 Å². The van der Waals surface area contributed by atoms with Crippen molar-refractivity contribution in [2.24, 2.45) is 0 Å². The number of nitrogens with zero attached hydrogens (tertiary/aromatic N) is 1. The number of alkyl halides is 3. The van der Waals surface area contributed by atoms with Gasteiger partial charge in [-0.2, -0.15) is 13.2 Å². The second-order valence-corrected chi connectivity index (χ2v) is 3.77. The van der Waals surface area contributed by atoms with Crippen molar-refractivity contribution in [2.75, 3.05) is 13.2 Å². The standard InChI is InChI=1S/C11H9F3N2O5/c12-11(13,14)6-15-9(17)5-21-10(18)7-1-3-8(4-2-7)16(19)20/h1-4H,5-6H2,(H,15,17). The van der Waals surface area contributed by atoms with Gasteiger partial charge in [0.2, 0.25) is 0 Å². The van der Waals surface area contributed by atoms with Gasteiger partial charge in [-0.05, 0) is 12.1 Å². The number of nitro groups is 1. The van der Waals surface area contributed by atoms with Crippen molar-refractivity contribution in [3.63, 3.8) is 0 Å². The van der Waals surface area contributed by atoms with Gasteiger partial charge in [-0.1, -0.05) is 0 Å². The maximum absolute atomic E-state index is 11.8. The van der Waals surface area contributed by atoms with Gasteiger partial charge in [0.05, 0.1) is 10.5 Å². The zero-order chi connectivity index (χ0) is 16.0. The summed E-state index contributed by atoms with van der Waals surface area (Å²) in [4.78, 5) is 32.2. The molecule has 0 bridgehead atoms. The van der Waals surface area contributed by atoms with E-state index in [1.165, 1.54) is 5.32 Å². The van der Waals surface area contributed by atoms with E-state index >= 15 is 0 Å². The van der Waals surface area contributed by atoms with Gasteiger partial charge in [0.1, 0.15) is 6.54 Å². The Labute approximate surface area is 115 Å². The lowest BCUT2D eigenvalue weighted by Gasteiger charge is -2.08. The molecule has 1 rings (SSSR count). The van der Waals surface area contributed by atoms with Crippen LogP contribution in [0.4, 0.5) is 18.9 Å². The third-order valence-electron chi connectivity index (χ3n) is 2.13. The Morgan fingerprint density at radius 2 is 1.81 bits per heavy atom. The van der Waals surface area contributed by atoms with E-state index in [4.69, 9.17) is 0 Å². The Kier molecular flexibility index (Phi) is 5.22. The Balaban J connectivity index is 2.46. The van der Waals surface area contributed by atoms with Crippen molar-refractivity contribution in [1.29, 1.82) is 0 Å². The number of benzene rings is 1. The molecule has 1 aromatic carbocycles. The molecule has 0 fully saturated rings. The molecule has 0 aromatic heterocycles. The molecule has 0 saturated heterocycles. The summed E-state index contributed by atoms with van der Waals surface area (Å²) < 4.78 is 39.9. The minimum absolute atomic E-state index is 0.0655. The molecule has 10 heteroatoms. The number of carbonyl (C=O) groups excluding carboxylic acids is 2. The Morgan fingerprint density at radius 1 is 1.24 bits per heavy atom. The van der Waals surface area contributed by atoms with E-state index < -0.39 is 36.1 Å². The fraction of sp³-hybridized carbons (Fsp3) is 0.273. The van der Waals surface area contributed by atoms with Crippen molar-refractivity contribution in [3.8, 4) is 0 Å². The topological polar surface area (TPSA) is 98.5 Å². The highest BCUT2D eigenvalue weighted by Gasteiger charge is 2.27. The fourth-order valence-electron chi connectivity index (χ4n) is 1.18. The van der Waals surface area contributed by atoms with Gasteiger partial charge in [0, 0.05) is 12.1 Å². The molecule has 0 heterocycles. The van der Waals surface area contributed by atoms with E-state index in [1.54, 1.807) is 0 Å². The molecule has 0 aliphatic rings. The molecule has 7 nitrogen and oxygen atoms in total. The van der Waals surface area contributed by atoms with Crippen LogP contribution in [0.25, 0.3) is 0 Å². The number of rotatable bonds is 5. The van der Waals surface area contributed by atoms with Gasteiger partial charge < -0.3 is 10.1 Å². The number of nitrogens with one attached hydrogen (secondary N) is 1. The van der Waals surface area contributed by atoms with Crippen LogP contribution in [-0.4, -0.2) is 36.1 Å². The molecule has 21 heavy (non-hydrogen) atoms. The molecule has 0 radical (unpaired) electrons. The summed E-state index contributed by atoms with van der Waals surface area (Å²) in [6.07, 6.45) is -4.56. The first-order chi connectivity index (χ1) is 9.69. The van der Waals surface area contributed by atoms with Gasteiger partial charge >= 0.3 is 12.1 Å². The second-order valence-electron chi connectivity index (χ2n) is 3.77. The van der Waals surface area contributed by atoms with Gasteiger partial charge in [0.25, 0.3) is 11.6 Å². The number of nitro benzene ring substituents is 1. The number of amides is 1. The molecule has 0 saturated carbocycles. The zero-order valence-electron chi connectivity index (χ0n) is 10.3. The van der Waals surface area contributed by atoms with Crippen LogP contribution in [0.15, 0.2) is 24.3 Å². The average Bonchev–Trinajstić information content (AvgIpc) is 2.41. The monoisotopic (exact) mass is 306 g/mol. The maximum Gasteiger partial charge on any atom is 0.405 e. The predicted octanol–water partition coefficient (Wildman–Crippen LogP) is 1.43. The minimum Gasteiger partial charge on any atom is -0.452 e. The van der Waals surface area contributed by atoms with Crippen LogP contribution in [0.5, 0.6) is 0 Å². The molecule has 1 amide bonds. The smallest absolute Gasteiger partial charge is 0.405 e. The molecule has 0 aliphatic carbocycles. The average molecular weight is 306 g/mol. The highest BCUT2D eigenvalue weighted by molar-refractivity contribution is 5.91. The summed E-state index contributed by atoms with van der Waals surface area (Å²) >= 11 is 0. The van der Waals surface area contributed by atoms with E-state index in [-0.39, 0.29) is 11.3 Å². The number of non-ortho nitro benzene ring substituents is 1. The predicted molar refractivity (Wildman–Crippen MR) is 62.4 cm³/mol. The highest BCUT2D eigenvalue weighted by atomic mass is 19.4. The first-order valence-electron chi connectivity index (χ1n) is 5.44. The summed E-state index contributed by atoms with van der Waals surface area (Å²) in [5.74, 6) is -2.09. The molecular weight excluding hydrogens is 297 g/mol. The Bertz CT molecular complexity index is 542. The molecule has 1 aromatic rings. The van der Waals surface area contributed by atoms with Gasteiger partial charge in [-0.3, -0.25) is 14.9 Å². The molecule has 114 valence electrons. The first-order valence-corrected chi connectivity index (χ1v) is 5.44. The number of esters is 1. The molecule has 0 aliphatic heterocycles. The van der Waals surface area contributed by atoms with Crippen LogP contribution < -0.4 is 5.32 Å². The lowest BCUT2D eigenvalue weighted by molar-refractivity contribution is -0.384. The molecular formula is C11H9F3N2O5. The minimum atomic E-state index is -4.56. The fourth-order valence-corrected chi connectivity index (χ4v) is 1.18. The summed E-state index contributed by atoms with van der Waals surface area (Å²) in [5, 5.41) is 11.9. The van der Waals surface area contributed by atoms with E-state index in [9.17, 15) is 32.9 Å². The molecule has 1 N–H and O–H groups in total. The van der Waals surface area contributed by atoms with Crippen LogP contribution in [0.2, 0.25) is 0 Å².